The minimum absolute atomic E-state index is 0.0796. The summed E-state index contributed by atoms with van der Waals surface area (Å²) in [6.07, 6.45) is 1.58. The van der Waals surface area contributed by atoms with E-state index in [1.165, 1.54) is 12.1 Å². The molecule has 1 heterocycles. The molecule has 0 radical (unpaired) electrons. The van der Waals surface area contributed by atoms with Gasteiger partial charge in [0.2, 0.25) is 5.91 Å². The number of hydrogen-bond donors (Lipinski definition) is 2. The summed E-state index contributed by atoms with van der Waals surface area (Å²) in [5.74, 6) is -0.00266. The second-order valence-corrected chi connectivity index (χ2v) is 4.15. The van der Waals surface area contributed by atoms with Gasteiger partial charge in [0.15, 0.2) is 0 Å². The largest absolute Gasteiger partial charge is 0.468 e. The molecular formula is C14H15FN2O2. The zero-order valence-electron chi connectivity index (χ0n) is 10.5. The topological polar surface area (TPSA) is 54.3 Å². The molecule has 0 aliphatic carbocycles. The number of carbonyl (C=O) groups is 1. The third-order valence-electron chi connectivity index (χ3n) is 2.69. The van der Waals surface area contributed by atoms with E-state index in [4.69, 9.17) is 4.42 Å². The van der Waals surface area contributed by atoms with E-state index in [1.54, 1.807) is 24.5 Å². The van der Waals surface area contributed by atoms with Crippen molar-refractivity contribution in [3.05, 3.63) is 54.2 Å². The lowest BCUT2D eigenvalue weighted by molar-refractivity contribution is -0.115. The Morgan fingerprint density at radius 2 is 2.11 bits per heavy atom. The summed E-state index contributed by atoms with van der Waals surface area (Å²) in [5.41, 5.74) is 0.181. The van der Waals surface area contributed by atoms with Crippen LogP contribution < -0.4 is 10.6 Å². The molecule has 0 spiro atoms. The van der Waals surface area contributed by atoms with E-state index >= 15 is 0 Å². The van der Waals surface area contributed by atoms with Gasteiger partial charge in [-0.3, -0.25) is 10.1 Å². The Kier molecular flexibility index (Phi) is 4.30. The molecule has 2 N–H and O–H groups in total. The minimum atomic E-state index is -0.449. The third kappa shape index (κ3) is 3.66. The lowest BCUT2D eigenvalue weighted by atomic mass is 10.2. The van der Waals surface area contributed by atoms with Gasteiger partial charge in [-0.2, -0.15) is 0 Å². The number of carbonyl (C=O) groups excluding carboxylic acids is 1. The molecule has 0 fully saturated rings. The zero-order valence-corrected chi connectivity index (χ0v) is 10.5. The molecule has 1 aromatic carbocycles. The predicted molar refractivity (Wildman–Crippen MR) is 70.2 cm³/mol. The molecule has 4 nitrogen and oxygen atoms in total. The number of halogens is 1. The van der Waals surface area contributed by atoms with Gasteiger partial charge >= 0.3 is 0 Å². The first-order valence-electron chi connectivity index (χ1n) is 5.98. The second-order valence-electron chi connectivity index (χ2n) is 4.15. The van der Waals surface area contributed by atoms with Crippen molar-refractivity contribution in [3.63, 3.8) is 0 Å². The first-order valence-corrected chi connectivity index (χ1v) is 5.98. The summed E-state index contributed by atoms with van der Waals surface area (Å²) in [7, 11) is 0. The highest BCUT2D eigenvalue weighted by Crippen LogP contribution is 2.13. The van der Waals surface area contributed by atoms with Crippen LogP contribution in [0.25, 0.3) is 0 Å². The molecular weight excluding hydrogens is 247 g/mol. The quantitative estimate of drug-likeness (QED) is 0.871. The van der Waals surface area contributed by atoms with Gasteiger partial charge in [-0.1, -0.05) is 12.1 Å². The van der Waals surface area contributed by atoms with Crippen LogP contribution in [0.5, 0.6) is 0 Å². The van der Waals surface area contributed by atoms with Crippen LogP contribution in [-0.4, -0.2) is 12.5 Å². The van der Waals surface area contributed by atoms with E-state index in [0.717, 1.165) is 5.76 Å². The van der Waals surface area contributed by atoms with Crippen molar-refractivity contribution in [1.82, 2.24) is 5.32 Å². The zero-order chi connectivity index (χ0) is 13.7. The molecule has 0 aliphatic rings. The fraction of sp³-hybridized carbons (Fsp3) is 0.214. The van der Waals surface area contributed by atoms with E-state index in [0.29, 0.717) is 0 Å². The number of amides is 1. The highest BCUT2D eigenvalue weighted by molar-refractivity contribution is 5.92. The lowest BCUT2D eigenvalue weighted by Crippen LogP contribution is -2.30. The number of hydrogen-bond acceptors (Lipinski definition) is 3. The van der Waals surface area contributed by atoms with Crippen LogP contribution in [0.4, 0.5) is 10.1 Å². The Bertz CT molecular complexity index is 540. The molecule has 100 valence electrons. The van der Waals surface area contributed by atoms with Gasteiger partial charge in [0, 0.05) is 0 Å². The van der Waals surface area contributed by atoms with E-state index in [-0.39, 0.29) is 24.2 Å². The molecule has 0 saturated heterocycles. The molecule has 1 amide bonds. The first-order chi connectivity index (χ1) is 9.16. The molecule has 5 heteroatoms. The number of furan rings is 1. The van der Waals surface area contributed by atoms with Crippen molar-refractivity contribution in [1.29, 1.82) is 0 Å². The summed E-state index contributed by atoms with van der Waals surface area (Å²) < 4.78 is 18.5. The molecule has 0 bridgehead atoms. The number of para-hydroxylation sites is 1. The van der Waals surface area contributed by atoms with E-state index in [9.17, 15) is 9.18 Å². The number of rotatable bonds is 5. The average Bonchev–Trinajstić information content (AvgIpc) is 2.93. The molecule has 0 aliphatic heterocycles. The summed E-state index contributed by atoms with van der Waals surface area (Å²) >= 11 is 0. The van der Waals surface area contributed by atoms with Gasteiger partial charge in [-0.05, 0) is 31.2 Å². The van der Waals surface area contributed by atoms with Crippen LogP contribution in [0.1, 0.15) is 18.7 Å². The van der Waals surface area contributed by atoms with Gasteiger partial charge in [-0.15, -0.1) is 0 Å². The number of nitrogens with one attached hydrogen (secondary N) is 2. The fourth-order valence-corrected chi connectivity index (χ4v) is 1.64. The maximum absolute atomic E-state index is 13.3. The Hall–Kier alpha value is -2.14. The first kappa shape index (κ1) is 13.3. The standard InChI is InChI=1S/C14H15FN2O2/c1-10(13-7-4-8-19-13)16-9-14(18)17-12-6-3-2-5-11(12)15/h2-8,10,16H,9H2,1H3,(H,17,18). The Balaban J connectivity index is 1.84. The van der Waals surface area contributed by atoms with E-state index < -0.39 is 5.82 Å². The van der Waals surface area contributed by atoms with Crippen molar-refractivity contribution in [2.24, 2.45) is 0 Å². The van der Waals surface area contributed by atoms with Crippen molar-refractivity contribution < 1.29 is 13.6 Å². The maximum Gasteiger partial charge on any atom is 0.238 e. The summed E-state index contributed by atoms with van der Waals surface area (Å²) in [6.45, 7) is 1.96. The monoisotopic (exact) mass is 262 g/mol. The Morgan fingerprint density at radius 1 is 1.32 bits per heavy atom. The van der Waals surface area contributed by atoms with Gasteiger partial charge in [0.25, 0.3) is 0 Å². The van der Waals surface area contributed by atoms with Crippen LogP contribution in [0, 0.1) is 5.82 Å². The average molecular weight is 262 g/mol. The summed E-state index contributed by atoms with van der Waals surface area (Å²) in [5, 5.41) is 5.50. The second kappa shape index (κ2) is 6.15. The highest BCUT2D eigenvalue weighted by Gasteiger charge is 2.10. The molecule has 19 heavy (non-hydrogen) atoms. The molecule has 1 unspecified atom stereocenters. The summed E-state index contributed by atoms with van der Waals surface area (Å²) in [4.78, 5) is 11.7. The maximum atomic E-state index is 13.3. The highest BCUT2D eigenvalue weighted by atomic mass is 19.1. The Morgan fingerprint density at radius 3 is 2.79 bits per heavy atom. The van der Waals surface area contributed by atoms with Crippen LogP contribution >= 0.6 is 0 Å². The van der Waals surface area contributed by atoms with Crippen molar-refractivity contribution in [2.75, 3.05) is 11.9 Å². The van der Waals surface area contributed by atoms with Gasteiger partial charge in [0.1, 0.15) is 11.6 Å². The van der Waals surface area contributed by atoms with Crippen molar-refractivity contribution >= 4 is 11.6 Å². The number of anilines is 1. The third-order valence-corrected chi connectivity index (χ3v) is 2.69. The van der Waals surface area contributed by atoms with Gasteiger partial charge < -0.3 is 9.73 Å². The molecule has 1 atom stereocenters. The van der Waals surface area contributed by atoms with Gasteiger partial charge in [-0.25, -0.2) is 4.39 Å². The van der Waals surface area contributed by atoms with Crippen LogP contribution in [0.3, 0.4) is 0 Å². The molecule has 1 aromatic heterocycles. The molecule has 0 saturated carbocycles. The fourth-order valence-electron chi connectivity index (χ4n) is 1.64. The van der Waals surface area contributed by atoms with Crippen LogP contribution in [0.2, 0.25) is 0 Å². The lowest BCUT2D eigenvalue weighted by Gasteiger charge is -2.11. The predicted octanol–water partition coefficient (Wildman–Crippen LogP) is 2.71. The van der Waals surface area contributed by atoms with Crippen molar-refractivity contribution in [2.45, 2.75) is 13.0 Å². The normalized spacial score (nSPS) is 12.1. The summed E-state index contributed by atoms with van der Waals surface area (Å²) in [6, 6.07) is 9.58. The SMILES string of the molecule is CC(NCC(=O)Nc1ccccc1F)c1ccco1. The van der Waals surface area contributed by atoms with Crippen molar-refractivity contribution in [3.8, 4) is 0 Å². The Labute approximate surface area is 110 Å². The number of benzene rings is 1. The molecule has 2 rings (SSSR count). The molecule has 2 aromatic rings. The minimum Gasteiger partial charge on any atom is -0.468 e. The smallest absolute Gasteiger partial charge is 0.238 e. The van der Waals surface area contributed by atoms with Crippen LogP contribution in [0.15, 0.2) is 47.1 Å². The van der Waals surface area contributed by atoms with E-state index in [1.807, 2.05) is 13.0 Å². The van der Waals surface area contributed by atoms with Crippen LogP contribution in [-0.2, 0) is 4.79 Å². The van der Waals surface area contributed by atoms with E-state index in [2.05, 4.69) is 10.6 Å². The van der Waals surface area contributed by atoms with Gasteiger partial charge in [0.05, 0.1) is 24.5 Å².